The summed E-state index contributed by atoms with van der Waals surface area (Å²) in [6, 6.07) is 1.24. The van der Waals surface area contributed by atoms with Crippen LogP contribution in [0.3, 0.4) is 0 Å². The Morgan fingerprint density at radius 2 is 2.15 bits per heavy atom. The van der Waals surface area contributed by atoms with Gasteiger partial charge in [-0.25, -0.2) is 4.79 Å². The van der Waals surface area contributed by atoms with E-state index in [-0.39, 0.29) is 23.1 Å². The Hall–Kier alpha value is -1.65. The molecule has 0 spiro atoms. The number of rotatable bonds is 3. The normalized spacial score (nSPS) is 10.4. The summed E-state index contributed by atoms with van der Waals surface area (Å²) in [6.07, 6.45) is 0. The number of hydrogen-bond acceptors (Lipinski definition) is 3. The Morgan fingerprint density at radius 3 is 2.54 bits per heavy atom. The lowest BCUT2D eigenvalue weighted by Crippen LogP contribution is -2.07. The molecule has 0 amide bonds. The molecule has 1 aromatic rings. The van der Waals surface area contributed by atoms with Crippen LogP contribution in [0.15, 0.2) is 6.07 Å². The SMILES string of the molecule is CC(C)C(=O)c1cc(C(=O)O)[nH]n1. The molecule has 1 rings (SSSR count). The van der Waals surface area contributed by atoms with Crippen molar-refractivity contribution in [1.82, 2.24) is 10.2 Å². The van der Waals surface area contributed by atoms with E-state index in [0.29, 0.717) is 0 Å². The standard InChI is InChI=1S/C8H10N2O3/c1-4(2)7(11)5-3-6(8(12)13)10-9-5/h3-4H,1-2H3,(H,9,10)(H,12,13). The maximum atomic E-state index is 11.3. The Kier molecular flexibility index (Phi) is 2.46. The third-order valence-electron chi connectivity index (χ3n) is 1.59. The summed E-state index contributed by atoms with van der Waals surface area (Å²) in [7, 11) is 0. The van der Waals surface area contributed by atoms with Gasteiger partial charge in [0.1, 0.15) is 11.4 Å². The van der Waals surface area contributed by atoms with Gasteiger partial charge < -0.3 is 5.11 Å². The smallest absolute Gasteiger partial charge is 0.353 e. The second-order valence-corrected chi connectivity index (χ2v) is 2.99. The molecule has 2 N–H and O–H groups in total. The summed E-state index contributed by atoms with van der Waals surface area (Å²) >= 11 is 0. The zero-order valence-corrected chi connectivity index (χ0v) is 7.37. The summed E-state index contributed by atoms with van der Waals surface area (Å²) in [5, 5.41) is 14.4. The lowest BCUT2D eigenvalue weighted by atomic mass is 10.1. The van der Waals surface area contributed by atoms with Crippen LogP contribution in [0.1, 0.15) is 34.8 Å². The fraction of sp³-hybridized carbons (Fsp3) is 0.375. The molecule has 70 valence electrons. The molecule has 0 fully saturated rings. The fourth-order valence-electron chi connectivity index (χ4n) is 0.853. The van der Waals surface area contributed by atoms with E-state index in [0.717, 1.165) is 0 Å². The molecule has 0 atom stereocenters. The number of carbonyl (C=O) groups is 2. The lowest BCUT2D eigenvalue weighted by molar-refractivity contribution is 0.0690. The van der Waals surface area contributed by atoms with Crippen LogP contribution in [0.4, 0.5) is 0 Å². The van der Waals surface area contributed by atoms with Gasteiger partial charge in [-0.3, -0.25) is 9.89 Å². The van der Waals surface area contributed by atoms with Crippen LogP contribution >= 0.6 is 0 Å². The van der Waals surface area contributed by atoms with Crippen molar-refractivity contribution in [2.24, 2.45) is 5.92 Å². The maximum Gasteiger partial charge on any atom is 0.353 e. The predicted molar refractivity (Wildman–Crippen MR) is 44.7 cm³/mol. The van der Waals surface area contributed by atoms with Gasteiger partial charge in [0.25, 0.3) is 0 Å². The zero-order valence-electron chi connectivity index (χ0n) is 7.37. The molecule has 1 aromatic heterocycles. The molecule has 0 bridgehead atoms. The zero-order chi connectivity index (χ0) is 10.0. The highest BCUT2D eigenvalue weighted by Gasteiger charge is 2.16. The van der Waals surface area contributed by atoms with E-state index in [4.69, 9.17) is 5.11 Å². The van der Waals surface area contributed by atoms with Gasteiger partial charge in [0.05, 0.1) is 0 Å². The Balaban J connectivity index is 2.92. The van der Waals surface area contributed by atoms with Crippen LogP contribution in [0, 0.1) is 5.92 Å². The number of Topliss-reactive ketones (excluding diaryl/α,β-unsaturated/α-hetero) is 1. The van der Waals surface area contributed by atoms with Crippen molar-refractivity contribution < 1.29 is 14.7 Å². The molecular formula is C8H10N2O3. The van der Waals surface area contributed by atoms with Crippen molar-refractivity contribution in [3.8, 4) is 0 Å². The van der Waals surface area contributed by atoms with Gasteiger partial charge >= 0.3 is 5.97 Å². The number of aromatic carboxylic acids is 1. The highest BCUT2D eigenvalue weighted by molar-refractivity contribution is 5.97. The molecular weight excluding hydrogens is 172 g/mol. The number of aromatic nitrogens is 2. The Morgan fingerprint density at radius 1 is 1.54 bits per heavy atom. The third-order valence-corrected chi connectivity index (χ3v) is 1.59. The first-order chi connectivity index (χ1) is 6.02. The van der Waals surface area contributed by atoms with Crippen LogP contribution in [0.2, 0.25) is 0 Å². The van der Waals surface area contributed by atoms with Crippen LogP contribution in [-0.4, -0.2) is 27.1 Å². The molecule has 0 saturated carbocycles. The number of carboxylic acid groups (broad SMARTS) is 1. The van der Waals surface area contributed by atoms with Crippen LogP contribution in [0.5, 0.6) is 0 Å². The fourth-order valence-corrected chi connectivity index (χ4v) is 0.853. The van der Waals surface area contributed by atoms with Crippen molar-refractivity contribution in [1.29, 1.82) is 0 Å². The minimum absolute atomic E-state index is 0.0657. The number of ketones is 1. The lowest BCUT2D eigenvalue weighted by Gasteiger charge is -1.97. The van der Waals surface area contributed by atoms with Crippen LogP contribution in [-0.2, 0) is 0 Å². The van der Waals surface area contributed by atoms with Crippen molar-refractivity contribution in [2.75, 3.05) is 0 Å². The average Bonchev–Trinajstić information content (AvgIpc) is 2.50. The van der Waals surface area contributed by atoms with Gasteiger partial charge in [-0.15, -0.1) is 0 Å². The summed E-state index contributed by atoms with van der Waals surface area (Å²) in [5.74, 6) is -1.45. The summed E-state index contributed by atoms with van der Waals surface area (Å²) in [5.41, 5.74) is 0.108. The number of nitrogens with zero attached hydrogens (tertiary/aromatic N) is 1. The van der Waals surface area contributed by atoms with Crippen molar-refractivity contribution in [2.45, 2.75) is 13.8 Å². The number of aromatic amines is 1. The number of H-pyrrole nitrogens is 1. The van der Waals surface area contributed by atoms with Gasteiger partial charge in [0, 0.05) is 12.0 Å². The highest BCUT2D eigenvalue weighted by atomic mass is 16.4. The van der Waals surface area contributed by atoms with E-state index in [2.05, 4.69) is 10.2 Å². The number of nitrogens with one attached hydrogen (secondary N) is 1. The van der Waals surface area contributed by atoms with Crippen LogP contribution < -0.4 is 0 Å². The van der Waals surface area contributed by atoms with E-state index in [1.165, 1.54) is 6.07 Å². The molecule has 0 radical (unpaired) electrons. The van der Waals surface area contributed by atoms with Gasteiger partial charge in [-0.05, 0) is 0 Å². The predicted octanol–water partition coefficient (Wildman–Crippen LogP) is 0.947. The highest BCUT2D eigenvalue weighted by Crippen LogP contribution is 2.06. The topological polar surface area (TPSA) is 83.0 Å². The molecule has 0 saturated heterocycles. The van der Waals surface area contributed by atoms with Gasteiger partial charge in [-0.1, -0.05) is 13.8 Å². The van der Waals surface area contributed by atoms with Gasteiger partial charge in [0.15, 0.2) is 5.78 Å². The molecule has 5 nitrogen and oxygen atoms in total. The maximum absolute atomic E-state index is 11.3. The number of hydrogen-bond donors (Lipinski definition) is 2. The quantitative estimate of drug-likeness (QED) is 0.681. The molecule has 0 aliphatic rings. The second kappa shape index (κ2) is 3.38. The molecule has 13 heavy (non-hydrogen) atoms. The molecule has 0 aliphatic carbocycles. The first-order valence-electron chi connectivity index (χ1n) is 3.85. The average molecular weight is 182 g/mol. The molecule has 5 heteroatoms. The van der Waals surface area contributed by atoms with E-state index in [1.807, 2.05) is 0 Å². The van der Waals surface area contributed by atoms with E-state index < -0.39 is 5.97 Å². The monoisotopic (exact) mass is 182 g/mol. The van der Waals surface area contributed by atoms with Crippen LogP contribution in [0.25, 0.3) is 0 Å². The molecule has 1 heterocycles. The van der Waals surface area contributed by atoms with Crippen molar-refractivity contribution in [3.05, 3.63) is 17.5 Å². The molecule has 0 unspecified atom stereocenters. The van der Waals surface area contributed by atoms with Crippen molar-refractivity contribution in [3.63, 3.8) is 0 Å². The van der Waals surface area contributed by atoms with E-state index in [1.54, 1.807) is 13.8 Å². The second-order valence-electron chi connectivity index (χ2n) is 2.99. The summed E-state index contributed by atoms with van der Waals surface area (Å²) in [6.45, 7) is 3.47. The van der Waals surface area contributed by atoms with Crippen molar-refractivity contribution >= 4 is 11.8 Å². The van der Waals surface area contributed by atoms with Gasteiger partial charge in [-0.2, -0.15) is 5.10 Å². The Labute approximate surface area is 74.8 Å². The largest absolute Gasteiger partial charge is 0.477 e. The summed E-state index contributed by atoms with van der Waals surface area (Å²) in [4.78, 5) is 21.7. The Bertz CT molecular complexity index is 341. The van der Waals surface area contributed by atoms with E-state index >= 15 is 0 Å². The minimum atomic E-state index is -1.12. The number of carboxylic acids is 1. The van der Waals surface area contributed by atoms with Gasteiger partial charge in [0.2, 0.25) is 0 Å². The molecule has 0 aromatic carbocycles. The molecule has 0 aliphatic heterocycles. The first kappa shape index (κ1) is 9.44. The number of carbonyl (C=O) groups excluding carboxylic acids is 1. The van der Waals surface area contributed by atoms with E-state index in [9.17, 15) is 9.59 Å². The third kappa shape index (κ3) is 1.93. The first-order valence-corrected chi connectivity index (χ1v) is 3.85. The minimum Gasteiger partial charge on any atom is -0.477 e. The summed E-state index contributed by atoms with van der Waals surface area (Å²) < 4.78 is 0.